The highest BCUT2D eigenvalue weighted by atomic mass is 19.4. The second-order valence-electron chi connectivity index (χ2n) is 6.33. The quantitative estimate of drug-likeness (QED) is 0.646. The first kappa shape index (κ1) is 18.4. The Morgan fingerprint density at radius 2 is 2.07 bits per heavy atom. The lowest BCUT2D eigenvalue weighted by molar-refractivity contribution is -0.154. The van der Waals surface area contributed by atoms with Crippen molar-refractivity contribution in [3.8, 4) is 17.3 Å². The average molecular weight is 396 g/mol. The van der Waals surface area contributed by atoms with E-state index in [1.54, 1.807) is 22.6 Å². The molecular weight excluding hydrogens is 380 g/mol. The lowest BCUT2D eigenvalue weighted by Crippen LogP contribution is -2.29. The van der Waals surface area contributed by atoms with Crippen LogP contribution in [-0.4, -0.2) is 57.4 Å². The predicted octanol–water partition coefficient (Wildman–Crippen LogP) is 2.45. The third-order valence-corrected chi connectivity index (χ3v) is 4.24. The number of hydrogen-bond donors (Lipinski definition) is 2. The molecule has 0 saturated carbocycles. The van der Waals surface area contributed by atoms with E-state index in [0.29, 0.717) is 29.4 Å². The Morgan fingerprint density at radius 3 is 2.82 bits per heavy atom. The van der Waals surface area contributed by atoms with E-state index in [-0.39, 0.29) is 18.5 Å². The topological polar surface area (TPSA) is 76.4 Å². The van der Waals surface area contributed by atoms with Crippen molar-refractivity contribution in [2.75, 3.05) is 25.0 Å². The molecule has 7 nitrogen and oxygen atoms in total. The zero-order chi connectivity index (χ0) is 19.7. The molecule has 0 aromatic carbocycles. The fraction of sp³-hybridized carbons (Fsp3) is 0.353. The average Bonchev–Trinajstić information content (AvgIpc) is 3.26. The van der Waals surface area contributed by atoms with Gasteiger partial charge in [-0.05, 0) is 12.1 Å². The van der Waals surface area contributed by atoms with Crippen molar-refractivity contribution in [3.63, 3.8) is 0 Å². The zero-order valence-electron chi connectivity index (χ0n) is 14.4. The van der Waals surface area contributed by atoms with Crippen molar-refractivity contribution in [1.29, 1.82) is 0 Å². The van der Waals surface area contributed by atoms with E-state index in [1.807, 2.05) is 0 Å². The van der Waals surface area contributed by atoms with Gasteiger partial charge in [-0.1, -0.05) is 6.07 Å². The van der Waals surface area contributed by atoms with Crippen LogP contribution in [0.2, 0.25) is 0 Å². The molecule has 4 rings (SSSR count). The van der Waals surface area contributed by atoms with Gasteiger partial charge in [0.1, 0.15) is 12.0 Å². The Morgan fingerprint density at radius 1 is 1.21 bits per heavy atom. The number of ether oxygens (including phenoxy) is 1. The highest BCUT2D eigenvalue weighted by Gasteiger charge is 2.29. The highest BCUT2D eigenvalue weighted by Crippen LogP contribution is 2.23. The van der Waals surface area contributed by atoms with Gasteiger partial charge in [-0.3, -0.25) is 4.40 Å². The first-order valence-corrected chi connectivity index (χ1v) is 8.50. The highest BCUT2D eigenvalue weighted by molar-refractivity contribution is 5.61. The molecule has 1 aliphatic heterocycles. The maximum Gasteiger partial charge on any atom is 0.422 e. The normalized spacial score (nSPS) is 19.9. The van der Waals surface area contributed by atoms with E-state index in [1.165, 1.54) is 18.6 Å². The molecule has 0 unspecified atom stereocenters. The maximum absolute atomic E-state index is 13.8. The largest absolute Gasteiger partial charge is 0.467 e. The molecular formula is C17H16F4N6O. The summed E-state index contributed by atoms with van der Waals surface area (Å²) in [5.41, 5.74) is 1.49. The number of nitrogens with zero attached hydrogens (tertiary/aromatic N) is 4. The van der Waals surface area contributed by atoms with E-state index in [9.17, 15) is 17.6 Å². The van der Waals surface area contributed by atoms with Crippen molar-refractivity contribution >= 4 is 11.5 Å². The number of aromatic nitrogens is 4. The van der Waals surface area contributed by atoms with Gasteiger partial charge in [0.15, 0.2) is 12.3 Å². The fourth-order valence-corrected chi connectivity index (χ4v) is 2.93. The van der Waals surface area contributed by atoms with Gasteiger partial charge in [-0.25, -0.2) is 19.3 Å². The third-order valence-electron chi connectivity index (χ3n) is 4.24. The number of pyridine rings is 1. The summed E-state index contributed by atoms with van der Waals surface area (Å²) in [6, 6.07) is 4.82. The first-order valence-electron chi connectivity index (χ1n) is 8.50. The second kappa shape index (κ2) is 7.23. The van der Waals surface area contributed by atoms with Crippen molar-refractivity contribution in [3.05, 3.63) is 36.8 Å². The minimum absolute atomic E-state index is 0.185. The van der Waals surface area contributed by atoms with Crippen molar-refractivity contribution in [2.45, 2.75) is 18.4 Å². The standard InChI is InChI=1S/C17H16F4N6O/c18-10-4-22-5-12(10)26-14-3-1-2-11(25-14)13-6-23-15-7-24-16(8-27(13)15)28-9-17(19,20)21/h1-3,6-8,10,12,22H,4-5,9H2,(H,25,26)/t10-,12-/m0/s1. The SMILES string of the molecule is F[C@H]1CNC[C@@H]1Nc1cccc(-c2cnc3cnc(OCC(F)(F)F)cn23)n1. The van der Waals surface area contributed by atoms with Gasteiger partial charge >= 0.3 is 6.18 Å². The summed E-state index contributed by atoms with van der Waals surface area (Å²) in [5.74, 6) is 0.307. The van der Waals surface area contributed by atoms with Crippen molar-refractivity contribution in [2.24, 2.45) is 0 Å². The number of fused-ring (bicyclic) bond motifs is 1. The molecule has 4 heterocycles. The molecule has 1 fully saturated rings. The van der Waals surface area contributed by atoms with E-state index >= 15 is 0 Å². The van der Waals surface area contributed by atoms with Gasteiger partial charge < -0.3 is 15.4 Å². The van der Waals surface area contributed by atoms with Crippen LogP contribution in [0.25, 0.3) is 17.0 Å². The van der Waals surface area contributed by atoms with Gasteiger partial charge in [0.2, 0.25) is 5.88 Å². The lowest BCUT2D eigenvalue weighted by atomic mass is 10.2. The molecule has 3 aromatic heterocycles. The van der Waals surface area contributed by atoms with Gasteiger partial charge in [-0.15, -0.1) is 0 Å². The Balaban J connectivity index is 1.60. The number of nitrogens with one attached hydrogen (secondary N) is 2. The molecule has 3 aromatic rings. The van der Waals surface area contributed by atoms with Gasteiger partial charge in [0.05, 0.1) is 36.0 Å². The van der Waals surface area contributed by atoms with E-state index < -0.39 is 19.0 Å². The van der Waals surface area contributed by atoms with Crippen LogP contribution in [0.15, 0.2) is 36.8 Å². The Kier molecular flexibility index (Phi) is 4.75. The summed E-state index contributed by atoms with van der Waals surface area (Å²) in [6.45, 7) is -0.653. The number of hydrogen-bond acceptors (Lipinski definition) is 6. The number of rotatable bonds is 5. The van der Waals surface area contributed by atoms with Gasteiger partial charge in [0, 0.05) is 13.1 Å². The molecule has 2 N–H and O–H groups in total. The Labute approximate surface area is 156 Å². The number of imidazole rings is 1. The first-order chi connectivity index (χ1) is 13.4. The summed E-state index contributed by atoms with van der Waals surface area (Å²) in [4.78, 5) is 12.5. The molecule has 148 valence electrons. The van der Waals surface area contributed by atoms with Crippen LogP contribution in [-0.2, 0) is 0 Å². The van der Waals surface area contributed by atoms with Gasteiger partial charge in [-0.2, -0.15) is 13.2 Å². The molecule has 0 bridgehead atoms. The Hall–Kier alpha value is -2.95. The van der Waals surface area contributed by atoms with Crippen LogP contribution in [0.5, 0.6) is 5.88 Å². The number of halogens is 4. The molecule has 0 amide bonds. The van der Waals surface area contributed by atoms with Crippen LogP contribution in [0.3, 0.4) is 0 Å². The molecule has 0 aliphatic carbocycles. The van der Waals surface area contributed by atoms with Crippen molar-refractivity contribution in [1.82, 2.24) is 24.7 Å². The fourth-order valence-electron chi connectivity index (χ4n) is 2.93. The lowest BCUT2D eigenvalue weighted by Gasteiger charge is -2.15. The molecule has 2 atom stereocenters. The van der Waals surface area contributed by atoms with E-state index in [0.717, 1.165) is 0 Å². The van der Waals surface area contributed by atoms with E-state index in [2.05, 4.69) is 25.6 Å². The Bertz CT molecular complexity index is 976. The van der Waals surface area contributed by atoms with Crippen LogP contribution >= 0.6 is 0 Å². The van der Waals surface area contributed by atoms with Crippen molar-refractivity contribution < 1.29 is 22.3 Å². The smallest absolute Gasteiger partial charge is 0.422 e. The maximum atomic E-state index is 13.8. The number of alkyl halides is 4. The second-order valence-corrected chi connectivity index (χ2v) is 6.33. The summed E-state index contributed by atoms with van der Waals surface area (Å²) >= 11 is 0. The van der Waals surface area contributed by atoms with Crippen LogP contribution in [0, 0.1) is 0 Å². The van der Waals surface area contributed by atoms with Crippen LogP contribution in [0.4, 0.5) is 23.4 Å². The van der Waals surface area contributed by atoms with E-state index in [4.69, 9.17) is 4.74 Å². The van der Waals surface area contributed by atoms with Crippen LogP contribution in [0.1, 0.15) is 0 Å². The molecule has 0 spiro atoms. The summed E-state index contributed by atoms with van der Waals surface area (Å²) in [6.07, 6.45) is -1.30. The predicted molar refractivity (Wildman–Crippen MR) is 92.9 cm³/mol. The molecule has 0 radical (unpaired) electrons. The molecule has 28 heavy (non-hydrogen) atoms. The summed E-state index contributed by atoms with van der Waals surface area (Å²) < 4.78 is 57.1. The summed E-state index contributed by atoms with van der Waals surface area (Å²) in [7, 11) is 0. The third kappa shape index (κ3) is 3.98. The monoisotopic (exact) mass is 396 g/mol. The molecule has 1 saturated heterocycles. The minimum atomic E-state index is -4.46. The van der Waals surface area contributed by atoms with Crippen LogP contribution < -0.4 is 15.4 Å². The summed E-state index contributed by atoms with van der Waals surface area (Å²) in [5, 5.41) is 6.01. The molecule has 1 aliphatic rings. The molecule has 11 heteroatoms. The van der Waals surface area contributed by atoms with Gasteiger partial charge in [0.25, 0.3) is 0 Å². The minimum Gasteiger partial charge on any atom is -0.467 e. The number of anilines is 1. The zero-order valence-corrected chi connectivity index (χ0v) is 14.4.